The average Bonchev–Trinajstić information content (AvgIpc) is 2.29. The summed E-state index contributed by atoms with van der Waals surface area (Å²) >= 11 is 1.76. The molecule has 0 saturated heterocycles. The number of hydrogen-bond donors (Lipinski definition) is 1. The van der Waals surface area contributed by atoms with Crippen LogP contribution < -0.4 is 5.32 Å². The SMILES string of the molecule is CCNC(C)CC(C)Sc1ccc([N+](=O)[O-])cc1. The summed E-state index contributed by atoms with van der Waals surface area (Å²) in [5.74, 6) is 0. The Balaban J connectivity index is 2.49. The van der Waals surface area contributed by atoms with Gasteiger partial charge < -0.3 is 5.32 Å². The van der Waals surface area contributed by atoms with E-state index in [4.69, 9.17) is 0 Å². The number of nitrogens with zero attached hydrogens (tertiary/aromatic N) is 1. The molecule has 100 valence electrons. The van der Waals surface area contributed by atoms with Crippen LogP contribution in [0.1, 0.15) is 27.2 Å². The summed E-state index contributed by atoms with van der Waals surface area (Å²) in [6, 6.07) is 7.25. The van der Waals surface area contributed by atoms with Crippen LogP contribution in [0.15, 0.2) is 29.2 Å². The highest BCUT2D eigenvalue weighted by Crippen LogP contribution is 2.27. The fraction of sp³-hybridized carbons (Fsp3) is 0.538. The fourth-order valence-electron chi connectivity index (χ4n) is 1.86. The lowest BCUT2D eigenvalue weighted by Crippen LogP contribution is -2.28. The molecule has 1 N–H and O–H groups in total. The third kappa shape index (κ3) is 5.06. The molecule has 5 heteroatoms. The normalized spacial score (nSPS) is 14.2. The van der Waals surface area contributed by atoms with Crippen molar-refractivity contribution in [3.05, 3.63) is 34.4 Å². The molecular weight excluding hydrogens is 248 g/mol. The number of benzene rings is 1. The van der Waals surface area contributed by atoms with E-state index in [2.05, 4.69) is 26.1 Å². The van der Waals surface area contributed by atoms with Gasteiger partial charge in [0.15, 0.2) is 0 Å². The summed E-state index contributed by atoms with van der Waals surface area (Å²) in [6.07, 6.45) is 1.08. The number of nitro groups is 1. The van der Waals surface area contributed by atoms with Gasteiger partial charge in [0.05, 0.1) is 4.92 Å². The Morgan fingerprint density at radius 2 is 1.94 bits per heavy atom. The first-order valence-corrected chi connectivity index (χ1v) is 7.05. The molecule has 0 saturated carbocycles. The minimum Gasteiger partial charge on any atom is -0.314 e. The molecule has 18 heavy (non-hydrogen) atoms. The Bertz CT molecular complexity index is 381. The van der Waals surface area contributed by atoms with Gasteiger partial charge in [-0.15, -0.1) is 11.8 Å². The maximum atomic E-state index is 10.5. The fourth-order valence-corrected chi connectivity index (χ4v) is 3.00. The van der Waals surface area contributed by atoms with E-state index in [0.29, 0.717) is 11.3 Å². The van der Waals surface area contributed by atoms with Gasteiger partial charge in [0.2, 0.25) is 0 Å². The van der Waals surface area contributed by atoms with Crippen LogP contribution >= 0.6 is 11.8 Å². The van der Waals surface area contributed by atoms with Crippen LogP contribution in [0.25, 0.3) is 0 Å². The van der Waals surface area contributed by atoms with Gasteiger partial charge in [-0.3, -0.25) is 10.1 Å². The molecule has 2 unspecified atom stereocenters. The van der Waals surface area contributed by atoms with E-state index in [-0.39, 0.29) is 10.6 Å². The zero-order valence-electron chi connectivity index (χ0n) is 11.1. The van der Waals surface area contributed by atoms with Crippen LogP contribution in [0.5, 0.6) is 0 Å². The number of hydrogen-bond acceptors (Lipinski definition) is 4. The Kier molecular flexibility index (Phi) is 6.15. The van der Waals surface area contributed by atoms with Crippen LogP contribution in [0.2, 0.25) is 0 Å². The molecule has 0 amide bonds. The molecule has 0 radical (unpaired) electrons. The zero-order chi connectivity index (χ0) is 13.5. The topological polar surface area (TPSA) is 55.2 Å². The van der Waals surface area contributed by atoms with E-state index in [1.54, 1.807) is 23.9 Å². The van der Waals surface area contributed by atoms with E-state index in [1.165, 1.54) is 0 Å². The van der Waals surface area contributed by atoms with Gasteiger partial charge in [0.1, 0.15) is 0 Å². The lowest BCUT2D eigenvalue weighted by molar-refractivity contribution is -0.384. The highest BCUT2D eigenvalue weighted by Gasteiger charge is 2.10. The molecular formula is C13H20N2O2S. The number of rotatable bonds is 7. The third-order valence-corrected chi connectivity index (χ3v) is 3.76. The number of thioether (sulfide) groups is 1. The molecule has 2 atom stereocenters. The van der Waals surface area contributed by atoms with Gasteiger partial charge in [-0.05, 0) is 32.0 Å². The molecule has 0 aliphatic rings. The first-order valence-electron chi connectivity index (χ1n) is 6.17. The lowest BCUT2D eigenvalue weighted by Gasteiger charge is -2.17. The maximum Gasteiger partial charge on any atom is 0.269 e. The van der Waals surface area contributed by atoms with Crippen molar-refractivity contribution in [2.75, 3.05) is 6.54 Å². The molecule has 1 aromatic carbocycles. The van der Waals surface area contributed by atoms with E-state index in [0.717, 1.165) is 17.9 Å². The molecule has 1 aromatic rings. The average molecular weight is 268 g/mol. The minimum atomic E-state index is -0.370. The summed E-state index contributed by atoms with van der Waals surface area (Å²) < 4.78 is 0. The Labute approximate surface area is 112 Å². The summed E-state index contributed by atoms with van der Waals surface area (Å²) in [4.78, 5) is 11.3. The molecule has 0 fully saturated rings. The van der Waals surface area contributed by atoms with E-state index in [9.17, 15) is 10.1 Å². The van der Waals surface area contributed by atoms with Crippen LogP contribution in [-0.2, 0) is 0 Å². The van der Waals surface area contributed by atoms with Crippen molar-refractivity contribution in [3.63, 3.8) is 0 Å². The van der Waals surface area contributed by atoms with Crippen molar-refractivity contribution < 1.29 is 4.92 Å². The second-order valence-electron chi connectivity index (χ2n) is 4.37. The molecule has 0 spiro atoms. The lowest BCUT2D eigenvalue weighted by atomic mass is 10.2. The summed E-state index contributed by atoms with van der Waals surface area (Å²) in [5.41, 5.74) is 0.146. The van der Waals surface area contributed by atoms with Gasteiger partial charge in [0.25, 0.3) is 5.69 Å². The van der Waals surface area contributed by atoms with Crippen LogP contribution in [0.4, 0.5) is 5.69 Å². The van der Waals surface area contributed by atoms with Crippen molar-refractivity contribution in [1.29, 1.82) is 0 Å². The molecule has 0 aliphatic carbocycles. The van der Waals surface area contributed by atoms with E-state index in [1.807, 2.05) is 12.1 Å². The second kappa shape index (κ2) is 7.38. The first kappa shape index (κ1) is 15.0. The Morgan fingerprint density at radius 3 is 2.44 bits per heavy atom. The van der Waals surface area contributed by atoms with Gasteiger partial charge >= 0.3 is 0 Å². The molecule has 4 nitrogen and oxygen atoms in total. The number of non-ortho nitro benzene ring substituents is 1. The monoisotopic (exact) mass is 268 g/mol. The maximum absolute atomic E-state index is 10.5. The highest BCUT2D eigenvalue weighted by molar-refractivity contribution is 7.99. The van der Waals surface area contributed by atoms with Crippen LogP contribution in [0.3, 0.4) is 0 Å². The smallest absolute Gasteiger partial charge is 0.269 e. The summed E-state index contributed by atoms with van der Waals surface area (Å²) in [7, 11) is 0. The number of nitro benzene ring substituents is 1. The predicted molar refractivity (Wildman–Crippen MR) is 76.2 cm³/mol. The summed E-state index contributed by atoms with van der Waals surface area (Å²) in [6.45, 7) is 7.44. The molecule has 0 aliphatic heterocycles. The van der Waals surface area contributed by atoms with Crippen molar-refractivity contribution in [2.45, 2.75) is 43.4 Å². The standard InChI is InChI=1S/C13H20N2O2S/c1-4-14-10(2)9-11(3)18-13-7-5-12(6-8-13)15(16)17/h5-8,10-11,14H,4,9H2,1-3H3. The minimum absolute atomic E-state index is 0.146. The van der Waals surface area contributed by atoms with E-state index < -0.39 is 0 Å². The first-order chi connectivity index (χ1) is 8.52. The zero-order valence-corrected chi connectivity index (χ0v) is 11.9. The quantitative estimate of drug-likeness (QED) is 0.467. The van der Waals surface area contributed by atoms with Gasteiger partial charge in [-0.25, -0.2) is 0 Å². The van der Waals surface area contributed by atoms with Crippen LogP contribution in [-0.4, -0.2) is 22.8 Å². The molecule has 0 aromatic heterocycles. The molecule has 0 bridgehead atoms. The highest BCUT2D eigenvalue weighted by atomic mass is 32.2. The van der Waals surface area contributed by atoms with Gasteiger partial charge in [-0.2, -0.15) is 0 Å². The molecule has 1 rings (SSSR count). The van der Waals surface area contributed by atoms with Gasteiger partial charge in [-0.1, -0.05) is 13.8 Å². The van der Waals surface area contributed by atoms with Crippen molar-refractivity contribution >= 4 is 17.4 Å². The van der Waals surface area contributed by atoms with Crippen molar-refractivity contribution in [3.8, 4) is 0 Å². The predicted octanol–water partition coefficient (Wildman–Crippen LogP) is 3.46. The van der Waals surface area contributed by atoms with Gasteiger partial charge in [0, 0.05) is 28.3 Å². The van der Waals surface area contributed by atoms with E-state index >= 15 is 0 Å². The summed E-state index contributed by atoms with van der Waals surface area (Å²) in [5, 5.41) is 14.4. The van der Waals surface area contributed by atoms with Crippen molar-refractivity contribution in [2.24, 2.45) is 0 Å². The molecule has 0 heterocycles. The Morgan fingerprint density at radius 1 is 1.33 bits per heavy atom. The Hall–Kier alpha value is -1.07. The largest absolute Gasteiger partial charge is 0.314 e. The van der Waals surface area contributed by atoms with Crippen molar-refractivity contribution in [1.82, 2.24) is 5.32 Å². The second-order valence-corrected chi connectivity index (χ2v) is 5.89. The van der Waals surface area contributed by atoms with Crippen LogP contribution in [0, 0.1) is 10.1 Å². The third-order valence-electron chi connectivity index (χ3n) is 2.62. The number of nitrogens with one attached hydrogen (secondary N) is 1.